The molecule has 20 heavy (non-hydrogen) atoms. The van der Waals surface area contributed by atoms with Crippen LogP contribution in [-0.2, 0) is 6.42 Å². The molecule has 0 radical (unpaired) electrons. The van der Waals surface area contributed by atoms with Crippen LogP contribution in [0.2, 0.25) is 5.02 Å². The van der Waals surface area contributed by atoms with E-state index in [1.54, 1.807) is 17.0 Å². The van der Waals surface area contributed by atoms with Crippen molar-refractivity contribution in [1.82, 2.24) is 0 Å². The maximum Gasteiger partial charge on any atom is 0.259 e. The number of nitrogens with two attached hydrogens (primary N) is 1. The van der Waals surface area contributed by atoms with E-state index in [9.17, 15) is 4.79 Å². The summed E-state index contributed by atoms with van der Waals surface area (Å²) in [5, 5.41) is 0.454. The molecule has 0 saturated carbocycles. The zero-order valence-electron chi connectivity index (χ0n) is 10.6. The monoisotopic (exact) mass is 350 g/mol. The van der Waals surface area contributed by atoms with Crippen molar-refractivity contribution in [3.8, 4) is 0 Å². The van der Waals surface area contributed by atoms with Gasteiger partial charge in [0, 0.05) is 22.4 Å². The molecule has 2 aromatic rings. The summed E-state index contributed by atoms with van der Waals surface area (Å²) in [6.07, 6.45) is 0.840. The van der Waals surface area contributed by atoms with Crippen LogP contribution in [0.4, 0.5) is 11.4 Å². The summed E-state index contributed by atoms with van der Waals surface area (Å²) in [7, 11) is 0. The lowest BCUT2D eigenvalue weighted by Crippen LogP contribution is -2.29. The molecule has 3 rings (SSSR count). The summed E-state index contributed by atoms with van der Waals surface area (Å²) < 4.78 is 0.831. The van der Waals surface area contributed by atoms with Crippen molar-refractivity contribution in [1.29, 1.82) is 0 Å². The zero-order valence-corrected chi connectivity index (χ0v) is 12.9. The van der Waals surface area contributed by atoms with E-state index in [1.807, 2.05) is 24.3 Å². The van der Waals surface area contributed by atoms with Gasteiger partial charge in [0.25, 0.3) is 5.91 Å². The fraction of sp³-hybridized carbons (Fsp3) is 0.133. The molecule has 0 saturated heterocycles. The van der Waals surface area contributed by atoms with E-state index < -0.39 is 0 Å². The van der Waals surface area contributed by atoms with Crippen LogP contribution in [0.25, 0.3) is 0 Å². The SMILES string of the molecule is Nc1ccc2c(c1)N(C(=O)c1cc(Br)ccc1Cl)CC2. The highest BCUT2D eigenvalue weighted by molar-refractivity contribution is 9.10. The van der Waals surface area contributed by atoms with E-state index in [4.69, 9.17) is 17.3 Å². The number of hydrogen-bond acceptors (Lipinski definition) is 2. The van der Waals surface area contributed by atoms with E-state index in [0.717, 1.165) is 22.1 Å². The minimum absolute atomic E-state index is 0.0966. The van der Waals surface area contributed by atoms with E-state index in [-0.39, 0.29) is 5.91 Å². The van der Waals surface area contributed by atoms with Gasteiger partial charge in [0.1, 0.15) is 0 Å². The Morgan fingerprint density at radius 2 is 2.05 bits per heavy atom. The van der Waals surface area contributed by atoms with Gasteiger partial charge in [0.15, 0.2) is 0 Å². The third kappa shape index (κ3) is 2.30. The Balaban J connectivity index is 2.01. The average molecular weight is 352 g/mol. The maximum atomic E-state index is 12.7. The molecule has 1 amide bonds. The number of anilines is 2. The Bertz CT molecular complexity index is 702. The number of halogens is 2. The van der Waals surface area contributed by atoms with E-state index in [2.05, 4.69) is 15.9 Å². The van der Waals surface area contributed by atoms with Gasteiger partial charge in [-0.1, -0.05) is 33.6 Å². The minimum Gasteiger partial charge on any atom is -0.399 e. The second-order valence-corrected chi connectivity index (χ2v) is 6.04. The fourth-order valence-electron chi connectivity index (χ4n) is 2.41. The first-order chi connectivity index (χ1) is 9.56. The van der Waals surface area contributed by atoms with E-state index in [0.29, 0.717) is 22.8 Å². The van der Waals surface area contributed by atoms with Gasteiger partial charge in [-0.15, -0.1) is 0 Å². The topological polar surface area (TPSA) is 46.3 Å². The molecular weight excluding hydrogens is 340 g/mol. The van der Waals surface area contributed by atoms with Crippen molar-refractivity contribution in [3.05, 3.63) is 57.0 Å². The predicted octanol–water partition coefficient (Wildman–Crippen LogP) is 3.89. The summed E-state index contributed by atoms with van der Waals surface area (Å²) in [4.78, 5) is 14.4. The number of fused-ring (bicyclic) bond motifs is 1. The minimum atomic E-state index is -0.0966. The first-order valence-electron chi connectivity index (χ1n) is 6.21. The molecule has 0 fully saturated rings. The summed E-state index contributed by atoms with van der Waals surface area (Å²) in [5.41, 5.74) is 8.99. The van der Waals surface area contributed by atoms with Crippen LogP contribution in [0.15, 0.2) is 40.9 Å². The summed E-state index contributed by atoms with van der Waals surface area (Å²) in [5.74, 6) is -0.0966. The largest absolute Gasteiger partial charge is 0.399 e. The number of benzene rings is 2. The molecule has 1 aliphatic rings. The lowest BCUT2D eigenvalue weighted by atomic mass is 10.1. The molecule has 3 nitrogen and oxygen atoms in total. The Morgan fingerprint density at radius 1 is 1.25 bits per heavy atom. The predicted molar refractivity (Wildman–Crippen MR) is 85.4 cm³/mol. The normalized spacial score (nSPS) is 13.4. The van der Waals surface area contributed by atoms with Crippen molar-refractivity contribution in [2.24, 2.45) is 0 Å². The van der Waals surface area contributed by atoms with Crippen molar-refractivity contribution in [3.63, 3.8) is 0 Å². The molecule has 102 valence electrons. The lowest BCUT2D eigenvalue weighted by molar-refractivity contribution is 0.0989. The zero-order chi connectivity index (χ0) is 14.3. The van der Waals surface area contributed by atoms with Gasteiger partial charge in [-0.3, -0.25) is 4.79 Å². The molecule has 0 spiro atoms. The van der Waals surface area contributed by atoms with Crippen LogP contribution in [0, 0.1) is 0 Å². The summed E-state index contributed by atoms with van der Waals surface area (Å²) >= 11 is 9.50. The average Bonchev–Trinajstić information content (AvgIpc) is 2.83. The van der Waals surface area contributed by atoms with Crippen LogP contribution in [-0.4, -0.2) is 12.5 Å². The Kier molecular flexibility index (Phi) is 3.44. The Labute approximate surface area is 130 Å². The highest BCUT2D eigenvalue weighted by Crippen LogP contribution is 2.32. The maximum absolute atomic E-state index is 12.7. The Hall–Kier alpha value is -1.52. The molecule has 1 heterocycles. The van der Waals surface area contributed by atoms with Crippen LogP contribution in [0.1, 0.15) is 15.9 Å². The van der Waals surface area contributed by atoms with Gasteiger partial charge in [-0.2, -0.15) is 0 Å². The van der Waals surface area contributed by atoms with Crippen LogP contribution < -0.4 is 10.6 Å². The summed E-state index contributed by atoms with van der Waals surface area (Å²) in [6.45, 7) is 0.653. The first-order valence-corrected chi connectivity index (χ1v) is 7.38. The van der Waals surface area contributed by atoms with Crippen molar-refractivity contribution < 1.29 is 4.79 Å². The van der Waals surface area contributed by atoms with Crippen molar-refractivity contribution in [2.75, 3.05) is 17.2 Å². The number of hydrogen-bond donors (Lipinski definition) is 1. The smallest absolute Gasteiger partial charge is 0.259 e. The van der Waals surface area contributed by atoms with E-state index in [1.165, 1.54) is 0 Å². The standard InChI is InChI=1S/C15H12BrClN2O/c16-10-2-4-13(17)12(7-10)15(20)19-6-5-9-1-3-11(18)8-14(9)19/h1-4,7-8H,5-6,18H2. The summed E-state index contributed by atoms with van der Waals surface area (Å²) in [6, 6.07) is 10.9. The fourth-order valence-corrected chi connectivity index (χ4v) is 2.97. The number of nitrogen functional groups attached to an aromatic ring is 1. The van der Waals surface area contributed by atoms with Gasteiger partial charge in [-0.25, -0.2) is 0 Å². The Morgan fingerprint density at radius 3 is 2.85 bits per heavy atom. The van der Waals surface area contributed by atoms with Crippen molar-refractivity contribution >= 4 is 44.8 Å². The van der Waals surface area contributed by atoms with Crippen molar-refractivity contribution in [2.45, 2.75) is 6.42 Å². The number of carbonyl (C=O) groups excluding carboxylic acids is 1. The molecule has 2 N–H and O–H groups in total. The first kappa shape index (κ1) is 13.5. The molecule has 2 aromatic carbocycles. The highest BCUT2D eigenvalue weighted by Gasteiger charge is 2.27. The molecule has 5 heteroatoms. The van der Waals surface area contributed by atoms with Gasteiger partial charge in [-0.05, 0) is 42.3 Å². The van der Waals surface area contributed by atoms with Gasteiger partial charge >= 0.3 is 0 Å². The van der Waals surface area contributed by atoms with E-state index >= 15 is 0 Å². The molecule has 0 unspecified atom stereocenters. The number of rotatable bonds is 1. The quantitative estimate of drug-likeness (QED) is 0.792. The van der Waals surface area contributed by atoms with Crippen LogP contribution in [0.5, 0.6) is 0 Å². The van der Waals surface area contributed by atoms with Crippen LogP contribution >= 0.6 is 27.5 Å². The second-order valence-electron chi connectivity index (χ2n) is 4.72. The highest BCUT2D eigenvalue weighted by atomic mass is 79.9. The number of carbonyl (C=O) groups is 1. The molecular formula is C15H12BrClN2O. The molecule has 1 aliphatic heterocycles. The molecule has 0 bridgehead atoms. The molecule has 0 aromatic heterocycles. The molecule has 0 aliphatic carbocycles. The van der Waals surface area contributed by atoms with Crippen LogP contribution in [0.3, 0.4) is 0 Å². The molecule has 0 atom stereocenters. The van der Waals surface area contributed by atoms with Gasteiger partial charge in [0.05, 0.1) is 10.6 Å². The lowest BCUT2D eigenvalue weighted by Gasteiger charge is -2.18. The number of nitrogens with zero attached hydrogens (tertiary/aromatic N) is 1. The third-order valence-electron chi connectivity index (χ3n) is 3.41. The third-order valence-corrected chi connectivity index (χ3v) is 4.23. The van der Waals surface area contributed by atoms with Gasteiger partial charge < -0.3 is 10.6 Å². The second kappa shape index (κ2) is 5.11. The number of amides is 1. The van der Waals surface area contributed by atoms with Gasteiger partial charge in [0.2, 0.25) is 0 Å².